The van der Waals surface area contributed by atoms with Crippen LogP contribution in [0.3, 0.4) is 0 Å². The molecule has 29 heavy (non-hydrogen) atoms. The molecule has 0 spiro atoms. The lowest BCUT2D eigenvalue weighted by Crippen LogP contribution is -2.29. The Bertz CT molecular complexity index is 906. The molecular weight excluding hydrogens is 410 g/mol. The number of ether oxygens (including phenoxy) is 1. The lowest BCUT2D eigenvalue weighted by Gasteiger charge is -2.23. The molecule has 9 heteroatoms. The molecule has 2 aromatic rings. The molecule has 162 valence electrons. The van der Waals surface area contributed by atoms with Gasteiger partial charge in [0.05, 0.1) is 16.2 Å². The maximum Gasteiger partial charge on any atom is 0.263 e. The van der Waals surface area contributed by atoms with Crippen LogP contribution in [0.4, 0.5) is 5.13 Å². The van der Waals surface area contributed by atoms with Gasteiger partial charge in [0.1, 0.15) is 12.4 Å². The third kappa shape index (κ3) is 6.67. The van der Waals surface area contributed by atoms with Gasteiger partial charge in [-0.1, -0.05) is 13.8 Å². The van der Waals surface area contributed by atoms with Crippen molar-refractivity contribution < 1.29 is 18.3 Å². The summed E-state index contributed by atoms with van der Waals surface area (Å²) < 4.78 is 33.8. The predicted octanol–water partition coefficient (Wildman–Crippen LogP) is 3.29. The summed E-state index contributed by atoms with van der Waals surface area (Å²) in [5.74, 6) is 0.637. The van der Waals surface area contributed by atoms with Gasteiger partial charge in [0.15, 0.2) is 5.13 Å². The van der Waals surface area contributed by atoms with Crippen LogP contribution in [0.2, 0.25) is 0 Å². The molecule has 2 N–H and O–H groups in total. The van der Waals surface area contributed by atoms with Gasteiger partial charge in [0.2, 0.25) is 0 Å². The van der Waals surface area contributed by atoms with Gasteiger partial charge in [-0.3, -0.25) is 4.72 Å². The number of sulfonamides is 1. The monoisotopic (exact) mass is 441 g/mol. The first-order valence-corrected chi connectivity index (χ1v) is 12.0. The Morgan fingerprint density at radius 3 is 2.55 bits per heavy atom. The van der Waals surface area contributed by atoms with Gasteiger partial charge in [-0.2, -0.15) is 0 Å². The molecule has 0 atom stereocenters. The normalized spacial score (nSPS) is 12.4. The average molecular weight is 442 g/mol. The minimum atomic E-state index is -3.76. The highest BCUT2D eigenvalue weighted by molar-refractivity contribution is 7.93. The summed E-state index contributed by atoms with van der Waals surface area (Å²) in [4.78, 5) is 6.55. The van der Waals surface area contributed by atoms with Crippen molar-refractivity contribution >= 4 is 26.5 Å². The summed E-state index contributed by atoms with van der Waals surface area (Å²) in [7, 11) is 0.162. The van der Waals surface area contributed by atoms with Crippen molar-refractivity contribution in [3.05, 3.63) is 34.8 Å². The van der Waals surface area contributed by atoms with Crippen LogP contribution in [-0.4, -0.2) is 56.3 Å². The third-order valence-electron chi connectivity index (χ3n) is 4.84. The molecule has 0 saturated heterocycles. The number of nitrogens with zero attached hydrogens (tertiary/aromatic N) is 2. The van der Waals surface area contributed by atoms with Gasteiger partial charge < -0.3 is 14.7 Å². The average Bonchev–Trinajstić information content (AvgIpc) is 3.06. The van der Waals surface area contributed by atoms with E-state index in [4.69, 9.17) is 4.74 Å². The Morgan fingerprint density at radius 2 is 1.97 bits per heavy atom. The first-order valence-electron chi connectivity index (χ1n) is 9.66. The Hall–Kier alpha value is -1.68. The number of nitrogens with one attached hydrogen (secondary N) is 1. The molecule has 0 aliphatic rings. The maximum atomic E-state index is 12.8. The fraction of sp³-hybridized carbons (Fsp3) is 0.550. The lowest BCUT2D eigenvalue weighted by molar-refractivity contribution is 0.0319. The molecule has 0 amide bonds. The van der Waals surface area contributed by atoms with E-state index in [9.17, 15) is 13.5 Å². The van der Waals surface area contributed by atoms with E-state index in [1.54, 1.807) is 30.5 Å². The van der Waals surface area contributed by atoms with Crippen LogP contribution in [0.15, 0.2) is 28.5 Å². The molecule has 0 fully saturated rings. The zero-order valence-corrected chi connectivity index (χ0v) is 19.4. The van der Waals surface area contributed by atoms with Crippen molar-refractivity contribution in [2.45, 2.75) is 50.5 Å². The highest BCUT2D eigenvalue weighted by atomic mass is 32.2. The van der Waals surface area contributed by atoms with Gasteiger partial charge in [-0.25, -0.2) is 13.4 Å². The molecular formula is C20H31N3O4S2. The smallest absolute Gasteiger partial charge is 0.263 e. The summed E-state index contributed by atoms with van der Waals surface area (Å²) in [6, 6.07) is 4.93. The topological polar surface area (TPSA) is 91.8 Å². The standard InChI is InChI=1S/C20H31N3O4S2/c1-6-20(24,7-2)13-16-14-28-19(21-16)22-29(25,26)18-9-8-17(12-15(18)3)27-11-10-23(4)5/h8-9,12,14,24H,6-7,10-11,13H2,1-5H3,(H,21,22). The molecule has 2 rings (SSSR count). The number of likely N-dealkylation sites (N-methyl/N-ethyl adjacent to an activating group) is 1. The number of aliphatic hydroxyl groups is 1. The van der Waals surface area contributed by atoms with Crippen molar-refractivity contribution in [1.29, 1.82) is 0 Å². The van der Waals surface area contributed by atoms with E-state index < -0.39 is 15.6 Å². The zero-order valence-electron chi connectivity index (χ0n) is 17.7. The van der Waals surface area contributed by atoms with Crippen LogP contribution in [0.1, 0.15) is 37.9 Å². The summed E-state index contributed by atoms with van der Waals surface area (Å²) >= 11 is 1.21. The van der Waals surface area contributed by atoms with Crippen molar-refractivity contribution in [3.8, 4) is 5.75 Å². The predicted molar refractivity (Wildman–Crippen MR) is 117 cm³/mol. The lowest BCUT2D eigenvalue weighted by atomic mass is 9.92. The molecule has 0 aliphatic carbocycles. The Labute approximate surface area is 177 Å². The first-order chi connectivity index (χ1) is 13.6. The summed E-state index contributed by atoms with van der Waals surface area (Å²) in [5, 5.41) is 12.5. The second-order valence-electron chi connectivity index (χ2n) is 7.44. The fourth-order valence-electron chi connectivity index (χ4n) is 2.80. The van der Waals surface area contributed by atoms with Crippen molar-refractivity contribution in [2.75, 3.05) is 32.0 Å². The van der Waals surface area contributed by atoms with Gasteiger partial charge in [0, 0.05) is 18.3 Å². The van der Waals surface area contributed by atoms with Crippen LogP contribution in [0.25, 0.3) is 0 Å². The number of hydrogen-bond donors (Lipinski definition) is 2. The highest BCUT2D eigenvalue weighted by Crippen LogP contribution is 2.27. The van der Waals surface area contributed by atoms with Crippen molar-refractivity contribution in [2.24, 2.45) is 0 Å². The van der Waals surface area contributed by atoms with Crippen molar-refractivity contribution in [3.63, 3.8) is 0 Å². The Morgan fingerprint density at radius 1 is 1.28 bits per heavy atom. The Kier molecular flexibility index (Phi) is 8.04. The molecule has 1 heterocycles. The first kappa shape index (κ1) is 23.6. The molecule has 0 unspecified atom stereocenters. The number of anilines is 1. The Balaban J connectivity index is 2.10. The van der Waals surface area contributed by atoms with Crippen LogP contribution < -0.4 is 9.46 Å². The van der Waals surface area contributed by atoms with E-state index in [-0.39, 0.29) is 4.90 Å². The summed E-state index contributed by atoms with van der Waals surface area (Å²) in [6.07, 6.45) is 1.63. The maximum absolute atomic E-state index is 12.8. The summed E-state index contributed by atoms with van der Waals surface area (Å²) in [5.41, 5.74) is 0.465. The second kappa shape index (κ2) is 9.88. The van der Waals surface area contributed by atoms with Crippen LogP contribution >= 0.6 is 11.3 Å². The molecule has 1 aromatic carbocycles. The highest BCUT2D eigenvalue weighted by Gasteiger charge is 2.25. The largest absolute Gasteiger partial charge is 0.492 e. The molecule has 0 bridgehead atoms. The van der Waals surface area contributed by atoms with E-state index in [1.165, 1.54) is 11.3 Å². The number of benzene rings is 1. The van der Waals surface area contributed by atoms with Gasteiger partial charge in [-0.05, 0) is 57.6 Å². The van der Waals surface area contributed by atoms with Gasteiger partial charge in [-0.15, -0.1) is 11.3 Å². The van der Waals surface area contributed by atoms with E-state index in [1.807, 2.05) is 32.8 Å². The number of thiazole rings is 1. The van der Waals surface area contributed by atoms with Crippen LogP contribution in [-0.2, 0) is 16.4 Å². The van der Waals surface area contributed by atoms with E-state index in [2.05, 4.69) is 9.71 Å². The third-order valence-corrected chi connectivity index (χ3v) is 7.28. The quantitative estimate of drug-likeness (QED) is 0.556. The van der Waals surface area contributed by atoms with E-state index in [0.29, 0.717) is 48.0 Å². The number of aryl methyl sites for hydroxylation is 1. The minimum absolute atomic E-state index is 0.188. The number of rotatable bonds is 11. The summed E-state index contributed by atoms with van der Waals surface area (Å²) in [6.45, 7) is 6.90. The van der Waals surface area contributed by atoms with Crippen LogP contribution in [0, 0.1) is 6.92 Å². The molecule has 1 aromatic heterocycles. The fourth-order valence-corrected chi connectivity index (χ4v) is 4.99. The second-order valence-corrected chi connectivity index (χ2v) is 9.95. The molecule has 0 aliphatic heterocycles. The molecule has 0 radical (unpaired) electrons. The van der Waals surface area contributed by atoms with Gasteiger partial charge >= 0.3 is 0 Å². The molecule has 0 saturated carbocycles. The number of hydrogen-bond acceptors (Lipinski definition) is 7. The van der Waals surface area contributed by atoms with E-state index >= 15 is 0 Å². The SMILES string of the molecule is CCC(O)(CC)Cc1csc(NS(=O)(=O)c2ccc(OCCN(C)C)cc2C)n1. The minimum Gasteiger partial charge on any atom is -0.492 e. The van der Waals surface area contributed by atoms with Gasteiger partial charge in [0.25, 0.3) is 10.0 Å². The van der Waals surface area contributed by atoms with E-state index in [0.717, 1.165) is 6.54 Å². The number of aromatic nitrogens is 1. The van der Waals surface area contributed by atoms with Crippen molar-refractivity contribution in [1.82, 2.24) is 9.88 Å². The molecule has 7 nitrogen and oxygen atoms in total. The zero-order chi connectivity index (χ0) is 21.7. The van der Waals surface area contributed by atoms with Crippen LogP contribution in [0.5, 0.6) is 5.75 Å².